The van der Waals surface area contributed by atoms with E-state index in [0.717, 1.165) is 31.6 Å². The van der Waals surface area contributed by atoms with Crippen LogP contribution in [0.15, 0.2) is 29.3 Å². The van der Waals surface area contributed by atoms with Crippen LogP contribution in [0.2, 0.25) is 0 Å². The van der Waals surface area contributed by atoms with Crippen molar-refractivity contribution in [2.24, 2.45) is 16.3 Å². The van der Waals surface area contributed by atoms with Gasteiger partial charge in [0.2, 0.25) is 0 Å². The number of hydrogen-bond donors (Lipinski definition) is 2. The van der Waals surface area contributed by atoms with Crippen LogP contribution in [-0.4, -0.2) is 45.0 Å². The Bertz CT molecular complexity index is 670. The zero-order valence-electron chi connectivity index (χ0n) is 18.3. The molecule has 2 atom stereocenters. The summed E-state index contributed by atoms with van der Waals surface area (Å²) in [5.74, 6) is 1.14. The second kappa shape index (κ2) is 11.0. The van der Waals surface area contributed by atoms with Gasteiger partial charge in [-0.25, -0.2) is 0 Å². The molecule has 1 aromatic carbocycles. The van der Waals surface area contributed by atoms with Gasteiger partial charge in [0.05, 0.1) is 12.7 Å². The monoisotopic (exact) mass is 429 g/mol. The molecule has 0 amide bonds. The highest BCUT2D eigenvalue weighted by Crippen LogP contribution is 2.33. The lowest BCUT2D eigenvalue weighted by molar-refractivity contribution is -0.176. The molecule has 1 fully saturated rings. The molecule has 2 N–H and O–H groups in total. The molecule has 2 rings (SSSR count). The first-order chi connectivity index (χ1) is 14.1. The number of aliphatic imine (C=N–C) groups is 1. The molecule has 0 saturated carbocycles. The van der Waals surface area contributed by atoms with Crippen LogP contribution >= 0.6 is 0 Å². The van der Waals surface area contributed by atoms with Crippen LogP contribution in [0.3, 0.4) is 0 Å². The number of rotatable bonds is 7. The smallest absolute Gasteiger partial charge is 0.377 e. The van der Waals surface area contributed by atoms with Crippen LogP contribution in [0, 0.1) is 11.3 Å². The van der Waals surface area contributed by atoms with E-state index in [0.29, 0.717) is 24.0 Å². The minimum Gasteiger partial charge on any atom is -0.377 e. The molecule has 8 heteroatoms. The van der Waals surface area contributed by atoms with Crippen LogP contribution in [0.4, 0.5) is 13.2 Å². The first-order valence-corrected chi connectivity index (χ1v) is 10.4. The number of ether oxygens (including phenoxy) is 2. The highest BCUT2D eigenvalue weighted by molar-refractivity contribution is 5.79. The average Bonchev–Trinajstić information content (AvgIpc) is 2.68. The number of guanidine groups is 1. The van der Waals surface area contributed by atoms with Gasteiger partial charge < -0.3 is 20.1 Å². The summed E-state index contributed by atoms with van der Waals surface area (Å²) >= 11 is 0. The van der Waals surface area contributed by atoms with Crippen molar-refractivity contribution in [2.45, 2.75) is 59.0 Å². The second-order valence-electron chi connectivity index (χ2n) is 8.79. The van der Waals surface area contributed by atoms with Gasteiger partial charge in [0.1, 0.15) is 6.61 Å². The molecule has 170 valence electrons. The van der Waals surface area contributed by atoms with Crippen molar-refractivity contribution in [3.05, 3.63) is 35.4 Å². The Kier molecular flexibility index (Phi) is 8.97. The summed E-state index contributed by atoms with van der Waals surface area (Å²) in [5.41, 5.74) is 1.80. The minimum absolute atomic E-state index is 0.0607. The normalized spacial score (nSPS) is 20.8. The Hall–Kier alpha value is -1.80. The predicted octanol–water partition coefficient (Wildman–Crippen LogP) is 4.27. The summed E-state index contributed by atoms with van der Waals surface area (Å²) in [6.07, 6.45) is -1.89. The average molecular weight is 430 g/mol. The van der Waals surface area contributed by atoms with Crippen LogP contribution in [0.5, 0.6) is 0 Å². The van der Waals surface area contributed by atoms with Gasteiger partial charge in [-0.2, -0.15) is 13.2 Å². The third-order valence-corrected chi connectivity index (χ3v) is 5.07. The van der Waals surface area contributed by atoms with Crippen molar-refractivity contribution in [1.82, 2.24) is 10.6 Å². The molecule has 0 aromatic heterocycles. The largest absolute Gasteiger partial charge is 0.411 e. The summed E-state index contributed by atoms with van der Waals surface area (Å²) in [5, 5.41) is 6.68. The lowest BCUT2D eigenvalue weighted by atomic mass is 9.78. The van der Waals surface area contributed by atoms with E-state index in [1.807, 2.05) is 12.1 Å². The third kappa shape index (κ3) is 8.52. The zero-order chi connectivity index (χ0) is 22.2. The highest BCUT2D eigenvalue weighted by atomic mass is 19.4. The Morgan fingerprint density at radius 1 is 1.13 bits per heavy atom. The van der Waals surface area contributed by atoms with E-state index in [9.17, 15) is 13.2 Å². The van der Waals surface area contributed by atoms with E-state index in [1.165, 1.54) is 0 Å². The van der Waals surface area contributed by atoms with Crippen molar-refractivity contribution in [3.63, 3.8) is 0 Å². The van der Waals surface area contributed by atoms with Crippen molar-refractivity contribution < 1.29 is 22.6 Å². The maximum absolute atomic E-state index is 12.1. The number of benzene rings is 1. The zero-order valence-corrected chi connectivity index (χ0v) is 18.3. The summed E-state index contributed by atoms with van der Waals surface area (Å²) in [6.45, 7) is 7.50. The first-order valence-electron chi connectivity index (χ1n) is 10.4. The Balaban J connectivity index is 1.78. The van der Waals surface area contributed by atoms with Gasteiger partial charge in [-0.1, -0.05) is 45.0 Å². The Labute approximate surface area is 177 Å². The van der Waals surface area contributed by atoms with Gasteiger partial charge in [-0.3, -0.25) is 4.99 Å². The van der Waals surface area contributed by atoms with Crippen molar-refractivity contribution >= 4 is 5.96 Å². The Morgan fingerprint density at radius 3 is 2.40 bits per heavy atom. The highest BCUT2D eigenvalue weighted by Gasteiger charge is 2.35. The molecule has 0 spiro atoms. The number of nitrogens with one attached hydrogen (secondary N) is 2. The minimum atomic E-state index is -4.30. The molecule has 1 saturated heterocycles. The Morgan fingerprint density at radius 2 is 1.80 bits per heavy atom. The lowest BCUT2D eigenvalue weighted by Crippen LogP contribution is -2.47. The quantitative estimate of drug-likeness (QED) is 0.502. The molecule has 30 heavy (non-hydrogen) atoms. The molecule has 1 aliphatic heterocycles. The molecule has 0 radical (unpaired) electrons. The van der Waals surface area contributed by atoms with E-state index < -0.39 is 12.8 Å². The molecular formula is C22H34F3N3O2. The second-order valence-corrected chi connectivity index (χ2v) is 8.79. The van der Waals surface area contributed by atoms with E-state index >= 15 is 0 Å². The van der Waals surface area contributed by atoms with Crippen LogP contribution in [0.25, 0.3) is 0 Å². The first kappa shape index (κ1) is 24.5. The summed E-state index contributed by atoms with van der Waals surface area (Å²) in [7, 11) is 1.73. The molecule has 0 aliphatic carbocycles. The van der Waals surface area contributed by atoms with Crippen molar-refractivity contribution in [3.8, 4) is 0 Å². The summed E-state index contributed by atoms with van der Waals surface area (Å²) in [6, 6.07) is 7.29. The fourth-order valence-electron chi connectivity index (χ4n) is 3.68. The SMILES string of the molecule is CN=C(NCc1ccc(COCC(F)(F)F)cc1)NCC1CCCOC1C(C)(C)C. The maximum atomic E-state index is 12.1. The number of alkyl halides is 3. The molecule has 1 heterocycles. The van der Waals surface area contributed by atoms with Crippen molar-refractivity contribution in [2.75, 3.05) is 26.8 Å². The molecule has 2 unspecified atom stereocenters. The fourth-order valence-corrected chi connectivity index (χ4v) is 3.68. The standard InChI is InChI=1S/C22H34F3N3O2/c1-21(2,3)19-18(6-5-11-30-19)13-28-20(26-4)27-12-16-7-9-17(10-8-16)14-29-15-22(23,24)25/h7-10,18-19H,5-6,11-15H2,1-4H3,(H2,26,27,28). The maximum Gasteiger partial charge on any atom is 0.411 e. The van der Waals surface area contributed by atoms with Crippen LogP contribution in [-0.2, 0) is 22.6 Å². The molecule has 1 aromatic rings. The van der Waals surface area contributed by atoms with Crippen LogP contribution < -0.4 is 10.6 Å². The van der Waals surface area contributed by atoms with Gasteiger partial charge in [-0.05, 0) is 29.4 Å². The summed E-state index contributed by atoms with van der Waals surface area (Å²) in [4.78, 5) is 4.28. The van der Waals surface area contributed by atoms with E-state index in [-0.39, 0.29) is 18.1 Å². The predicted molar refractivity (Wildman–Crippen MR) is 112 cm³/mol. The van der Waals surface area contributed by atoms with Gasteiger partial charge >= 0.3 is 6.18 Å². The number of hydrogen-bond acceptors (Lipinski definition) is 3. The lowest BCUT2D eigenvalue weighted by Gasteiger charge is -2.40. The van der Waals surface area contributed by atoms with Gasteiger partial charge in [0.15, 0.2) is 5.96 Å². The van der Waals surface area contributed by atoms with E-state index in [2.05, 4.69) is 41.1 Å². The van der Waals surface area contributed by atoms with Crippen LogP contribution in [0.1, 0.15) is 44.7 Å². The third-order valence-electron chi connectivity index (χ3n) is 5.07. The van der Waals surface area contributed by atoms with Gasteiger partial charge in [0.25, 0.3) is 0 Å². The van der Waals surface area contributed by atoms with E-state index in [1.54, 1.807) is 19.2 Å². The number of halogens is 3. The topological polar surface area (TPSA) is 54.9 Å². The van der Waals surface area contributed by atoms with Gasteiger partial charge in [0, 0.05) is 32.7 Å². The molecule has 0 bridgehead atoms. The molecular weight excluding hydrogens is 395 g/mol. The fraction of sp³-hybridized carbons (Fsp3) is 0.682. The molecule has 1 aliphatic rings. The van der Waals surface area contributed by atoms with Gasteiger partial charge in [-0.15, -0.1) is 0 Å². The number of nitrogens with zero attached hydrogens (tertiary/aromatic N) is 1. The van der Waals surface area contributed by atoms with Crippen molar-refractivity contribution in [1.29, 1.82) is 0 Å². The van der Waals surface area contributed by atoms with E-state index in [4.69, 9.17) is 4.74 Å². The molecule has 5 nitrogen and oxygen atoms in total. The summed E-state index contributed by atoms with van der Waals surface area (Å²) < 4.78 is 47.1.